The fourth-order valence-corrected chi connectivity index (χ4v) is 3.07. The zero-order chi connectivity index (χ0) is 13.7. The van der Waals surface area contributed by atoms with Gasteiger partial charge in [0.1, 0.15) is 5.75 Å². The predicted octanol–water partition coefficient (Wildman–Crippen LogP) is 3.43. The second kappa shape index (κ2) is 7.15. The molecule has 1 aromatic carbocycles. The first-order valence-corrected chi connectivity index (χ1v) is 7.85. The number of hydrogen-bond donors (Lipinski definition) is 1. The van der Waals surface area contributed by atoms with E-state index in [4.69, 9.17) is 4.74 Å². The Hall–Kier alpha value is -0.740. The van der Waals surface area contributed by atoms with E-state index in [0.29, 0.717) is 6.04 Å². The van der Waals surface area contributed by atoms with E-state index in [1.807, 2.05) is 6.07 Å². The lowest BCUT2D eigenvalue weighted by Crippen LogP contribution is -2.46. The minimum Gasteiger partial charge on any atom is -0.497 e. The van der Waals surface area contributed by atoms with Gasteiger partial charge in [-0.1, -0.05) is 6.92 Å². The first-order valence-electron chi connectivity index (χ1n) is 7.06. The lowest BCUT2D eigenvalue weighted by Gasteiger charge is -2.35. The normalized spacial score (nSPS) is 19.5. The molecule has 1 saturated heterocycles. The first-order chi connectivity index (χ1) is 9.24. The Balaban J connectivity index is 2.08. The van der Waals surface area contributed by atoms with Gasteiger partial charge in [-0.3, -0.25) is 0 Å². The molecular weight excluding hydrogens is 304 g/mol. The zero-order valence-corrected chi connectivity index (χ0v) is 13.4. The van der Waals surface area contributed by atoms with Crippen LogP contribution >= 0.6 is 15.9 Å². The van der Waals surface area contributed by atoms with E-state index in [9.17, 15) is 0 Å². The number of hydrogen-bond acceptors (Lipinski definition) is 3. The van der Waals surface area contributed by atoms with Gasteiger partial charge in [0.25, 0.3) is 0 Å². The second-order valence-corrected chi connectivity index (χ2v) is 5.91. The van der Waals surface area contributed by atoms with Crippen LogP contribution in [0.3, 0.4) is 0 Å². The third-order valence-electron chi connectivity index (χ3n) is 3.60. The summed E-state index contributed by atoms with van der Waals surface area (Å²) >= 11 is 3.65. The molecule has 0 aromatic heterocycles. The van der Waals surface area contributed by atoms with Gasteiger partial charge in [-0.05, 0) is 53.9 Å². The average molecular weight is 327 g/mol. The van der Waals surface area contributed by atoms with E-state index < -0.39 is 0 Å². The summed E-state index contributed by atoms with van der Waals surface area (Å²) in [6.07, 6.45) is 3.71. The topological polar surface area (TPSA) is 24.5 Å². The molecule has 3 nitrogen and oxygen atoms in total. The zero-order valence-electron chi connectivity index (χ0n) is 11.8. The van der Waals surface area contributed by atoms with Gasteiger partial charge >= 0.3 is 0 Å². The van der Waals surface area contributed by atoms with Crippen molar-refractivity contribution in [3.8, 4) is 5.75 Å². The number of benzene rings is 1. The van der Waals surface area contributed by atoms with E-state index in [0.717, 1.165) is 29.9 Å². The summed E-state index contributed by atoms with van der Waals surface area (Å²) in [5.74, 6) is 0.918. The number of methoxy groups -OCH3 is 1. The van der Waals surface area contributed by atoms with Crippen molar-refractivity contribution in [2.45, 2.75) is 32.2 Å². The fourth-order valence-electron chi connectivity index (χ4n) is 2.57. The van der Waals surface area contributed by atoms with Crippen molar-refractivity contribution in [3.63, 3.8) is 0 Å². The molecular formula is C15H23BrN2O. The maximum absolute atomic E-state index is 5.33. The van der Waals surface area contributed by atoms with E-state index in [2.05, 4.69) is 45.2 Å². The van der Waals surface area contributed by atoms with Crippen LogP contribution in [0.2, 0.25) is 0 Å². The summed E-state index contributed by atoms with van der Waals surface area (Å²) in [5.41, 5.74) is 1.24. The van der Waals surface area contributed by atoms with Crippen molar-refractivity contribution in [1.82, 2.24) is 5.32 Å². The van der Waals surface area contributed by atoms with Crippen molar-refractivity contribution < 1.29 is 4.74 Å². The van der Waals surface area contributed by atoms with E-state index in [1.54, 1.807) is 7.11 Å². The van der Waals surface area contributed by atoms with E-state index in [-0.39, 0.29) is 0 Å². The highest BCUT2D eigenvalue weighted by atomic mass is 79.9. The monoisotopic (exact) mass is 326 g/mol. The van der Waals surface area contributed by atoms with Crippen LogP contribution in [0.15, 0.2) is 22.7 Å². The number of nitrogens with one attached hydrogen (secondary N) is 1. The highest BCUT2D eigenvalue weighted by molar-refractivity contribution is 9.10. The van der Waals surface area contributed by atoms with Gasteiger partial charge in [-0.25, -0.2) is 0 Å². The van der Waals surface area contributed by atoms with Crippen LogP contribution in [0.5, 0.6) is 5.75 Å². The van der Waals surface area contributed by atoms with Crippen LogP contribution in [-0.2, 0) is 0 Å². The molecule has 0 bridgehead atoms. The molecule has 0 radical (unpaired) electrons. The summed E-state index contributed by atoms with van der Waals surface area (Å²) in [7, 11) is 1.72. The molecule has 0 spiro atoms. The van der Waals surface area contributed by atoms with Gasteiger partial charge in [0.05, 0.1) is 12.8 Å². The average Bonchev–Trinajstić information content (AvgIpc) is 2.46. The van der Waals surface area contributed by atoms with Crippen LogP contribution in [0.4, 0.5) is 5.69 Å². The predicted molar refractivity (Wildman–Crippen MR) is 84.2 cm³/mol. The smallest absolute Gasteiger partial charge is 0.121 e. The Morgan fingerprint density at radius 1 is 1.47 bits per heavy atom. The van der Waals surface area contributed by atoms with Crippen molar-refractivity contribution in [1.29, 1.82) is 0 Å². The highest BCUT2D eigenvalue weighted by Gasteiger charge is 2.21. The Morgan fingerprint density at radius 3 is 3.05 bits per heavy atom. The summed E-state index contributed by atoms with van der Waals surface area (Å²) in [6.45, 7) is 5.52. The van der Waals surface area contributed by atoms with Crippen LogP contribution in [0.25, 0.3) is 0 Å². The summed E-state index contributed by atoms with van der Waals surface area (Å²) < 4.78 is 6.47. The van der Waals surface area contributed by atoms with Gasteiger partial charge < -0.3 is 15.0 Å². The molecule has 0 amide bonds. The Labute approximate surface area is 124 Å². The molecule has 1 aliphatic rings. The molecule has 2 rings (SSSR count). The molecule has 1 aliphatic heterocycles. The maximum Gasteiger partial charge on any atom is 0.121 e. The lowest BCUT2D eigenvalue weighted by atomic mass is 10.0. The van der Waals surface area contributed by atoms with Crippen molar-refractivity contribution >= 4 is 21.6 Å². The van der Waals surface area contributed by atoms with Gasteiger partial charge in [-0.15, -0.1) is 0 Å². The van der Waals surface area contributed by atoms with Crippen molar-refractivity contribution in [3.05, 3.63) is 22.7 Å². The Bertz CT molecular complexity index is 411. The summed E-state index contributed by atoms with van der Waals surface area (Å²) in [6, 6.07) is 6.78. The molecule has 0 aliphatic carbocycles. The SMILES string of the molecule is CCCNC1CCCN(c2cc(OC)ccc2Br)C1. The molecule has 4 heteroatoms. The van der Waals surface area contributed by atoms with Gasteiger partial charge in [0.15, 0.2) is 0 Å². The van der Waals surface area contributed by atoms with E-state index >= 15 is 0 Å². The minimum absolute atomic E-state index is 0.604. The van der Waals surface area contributed by atoms with Gasteiger partial charge in [-0.2, -0.15) is 0 Å². The molecule has 1 fully saturated rings. The van der Waals surface area contributed by atoms with Crippen molar-refractivity contribution in [2.75, 3.05) is 31.6 Å². The maximum atomic E-state index is 5.33. The second-order valence-electron chi connectivity index (χ2n) is 5.06. The number of anilines is 1. The number of halogens is 1. The molecule has 1 N–H and O–H groups in total. The quantitative estimate of drug-likeness (QED) is 0.897. The van der Waals surface area contributed by atoms with Crippen LogP contribution in [-0.4, -0.2) is 32.8 Å². The number of piperidine rings is 1. The third-order valence-corrected chi connectivity index (χ3v) is 4.27. The van der Waals surface area contributed by atoms with E-state index in [1.165, 1.54) is 24.9 Å². The van der Waals surface area contributed by atoms with Crippen molar-refractivity contribution in [2.24, 2.45) is 0 Å². The molecule has 106 valence electrons. The number of nitrogens with zero attached hydrogens (tertiary/aromatic N) is 1. The molecule has 0 saturated carbocycles. The fraction of sp³-hybridized carbons (Fsp3) is 0.600. The summed E-state index contributed by atoms with van der Waals surface area (Å²) in [4.78, 5) is 2.45. The van der Waals surface area contributed by atoms with Gasteiger partial charge in [0, 0.05) is 29.7 Å². The largest absolute Gasteiger partial charge is 0.497 e. The minimum atomic E-state index is 0.604. The number of rotatable bonds is 5. The summed E-state index contributed by atoms with van der Waals surface area (Å²) in [5, 5.41) is 3.63. The van der Waals surface area contributed by atoms with Crippen LogP contribution in [0.1, 0.15) is 26.2 Å². The third kappa shape index (κ3) is 3.86. The van der Waals surface area contributed by atoms with Crippen LogP contribution in [0, 0.1) is 0 Å². The highest BCUT2D eigenvalue weighted by Crippen LogP contribution is 2.32. The molecule has 19 heavy (non-hydrogen) atoms. The standard InChI is InChI=1S/C15H23BrN2O/c1-3-8-17-12-5-4-9-18(11-12)15-10-13(19-2)6-7-14(15)16/h6-7,10,12,17H,3-5,8-9,11H2,1-2H3. The Morgan fingerprint density at radius 2 is 2.32 bits per heavy atom. The first kappa shape index (κ1) is 14.7. The van der Waals surface area contributed by atoms with Crippen LogP contribution < -0.4 is 15.0 Å². The molecule has 1 unspecified atom stereocenters. The lowest BCUT2D eigenvalue weighted by molar-refractivity contribution is 0.411. The number of ether oxygens (including phenoxy) is 1. The molecule has 1 atom stereocenters. The Kier molecular flexibility index (Phi) is 5.52. The molecule has 1 aromatic rings. The molecule has 1 heterocycles. The van der Waals surface area contributed by atoms with Gasteiger partial charge in [0.2, 0.25) is 0 Å².